The molecule has 0 saturated heterocycles. The number of nitrogens with zero attached hydrogens (tertiary/aromatic N) is 3. The van der Waals surface area contributed by atoms with Crippen molar-refractivity contribution in [3.63, 3.8) is 0 Å². The predicted octanol–water partition coefficient (Wildman–Crippen LogP) is 5.64. The van der Waals surface area contributed by atoms with Gasteiger partial charge in [-0.15, -0.1) is 0 Å². The molecule has 0 fully saturated rings. The van der Waals surface area contributed by atoms with Gasteiger partial charge in [-0.2, -0.15) is 0 Å². The van der Waals surface area contributed by atoms with E-state index in [1.807, 2.05) is 16.8 Å². The van der Waals surface area contributed by atoms with E-state index in [1.165, 1.54) is 18.2 Å². The van der Waals surface area contributed by atoms with Crippen molar-refractivity contribution in [3.8, 4) is 11.5 Å². The Bertz CT molecular complexity index is 1190. The molecule has 5 nitrogen and oxygen atoms in total. The normalized spacial score (nSPS) is 10.9. The molecule has 0 unspecified atom stereocenters. The molecular weight excluding hydrogens is 465 g/mol. The highest BCUT2D eigenvalue weighted by Crippen LogP contribution is 2.36. The monoisotopic (exact) mass is 476 g/mol. The summed E-state index contributed by atoms with van der Waals surface area (Å²) in [5, 5.41) is 0.808. The lowest BCUT2D eigenvalue weighted by Crippen LogP contribution is -2.02. The standard InChI is InChI=1S/C19H11F2IN4O/c1-23-17-6-11(2-3-14(17)20)27-19-13(8-26-9-18(22)25-10-26)12-4-5-24-16(12)7-15(19)21/h2-7,9-10,24H,8H2. The van der Waals surface area contributed by atoms with Gasteiger partial charge in [-0.3, -0.25) is 0 Å². The van der Waals surface area contributed by atoms with Crippen molar-refractivity contribution in [1.82, 2.24) is 14.5 Å². The predicted molar refractivity (Wildman–Crippen MR) is 105 cm³/mol. The summed E-state index contributed by atoms with van der Waals surface area (Å²) >= 11 is 2.10. The highest BCUT2D eigenvalue weighted by molar-refractivity contribution is 14.1. The smallest absolute Gasteiger partial charge is 0.225 e. The molecular formula is C19H11F2IN4O. The van der Waals surface area contributed by atoms with Gasteiger partial charge in [0.25, 0.3) is 0 Å². The average Bonchev–Trinajstić information content (AvgIpc) is 3.27. The molecule has 4 aromatic rings. The number of benzene rings is 2. The Hall–Kier alpha value is -2.93. The number of aromatic amines is 1. The molecule has 2 aromatic carbocycles. The van der Waals surface area contributed by atoms with Crippen LogP contribution in [0.3, 0.4) is 0 Å². The maximum Gasteiger partial charge on any atom is 0.225 e. The van der Waals surface area contributed by atoms with E-state index in [2.05, 4.69) is 37.4 Å². The Morgan fingerprint density at radius 3 is 2.81 bits per heavy atom. The molecule has 4 rings (SSSR count). The van der Waals surface area contributed by atoms with Crippen LogP contribution in [0.1, 0.15) is 5.56 Å². The van der Waals surface area contributed by atoms with E-state index in [1.54, 1.807) is 12.5 Å². The van der Waals surface area contributed by atoms with Crippen LogP contribution >= 0.6 is 22.6 Å². The largest absolute Gasteiger partial charge is 0.455 e. The average molecular weight is 476 g/mol. The van der Waals surface area contributed by atoms with Gasteiger partial charge in [-0.25, -0.2) is 18.6 Å². The summed E-state index contributed by atoms with van der Waals surface area (Å²) in [5.41, 5.74) is 1.08. The molecule has 0 aliphatic heterocycles. The van der Waals surface area contributed by atoms with Crippen molar-refractivity contribution in [2.45, 2.75) is 6.54 Å². The molecule has 0 atom stereocenters. The second kappa shape index (κ2) is 7.00. The molecule has 2 aromatic heterocycles. The van der Waals surface area contributed by atoms with Crippen LogP contribution in [0.4, 0.5) is 14.5 Å². The minimum atomic E-state index is -0.646. The third-order valence-corrected chi connectivity index (χ3v) is 4.62. The van der Waals surface area contributed by atoms with Gasteiger partial charge in [0.05, 0.1) is 19.4 Å². The van der Waals surface area contributed by atoms with Gasteiger partial charge in [-0.1, -0.05) is 0 Å². The van der Waals surface area contributed by atoms with Crippen LogP contribution in [-0.4, -0.2) is 14.5 Å². The maximum absolute atomic E-state index is 14.8. The van der Waals surface area contributed by atoms with Crippen molar-refractivity contribution >= 4 is 39.2 Å². The number of aromatic nitrogens is 3. The zero-order valence-electron chi connectivity index (χ0n) is 13.7. The minimum absolute atomic E-state index is 0.0355. The quantitative estimate of drug-likeness (QED) is 0.306. The number of hydrogen-bond acceptors (Lipinski definition) is 2. The van der Waals surface area contributed by atoms with Crippen LogP contribution in [0, 0.1) is 21.9 Å². The summed E-state index contributed by atoms with van der Waals surface area (Å²) in [6.07, 6.45) is 5.22. The van der Waals surface area contributed by atoms with E-state index in [9.17, 15) is 8.78 Å². The second-order valence-electron chi connectivity index (χ2n) is 5.80. The maximum atomic E-state index is 14.8. The van der Waals surface area contributed by atoms with E-state index in [0.717, 1.165) is 15.2 Å². The molecule has 0 spiro atoms. The van der Waals surface area contributed by atoms with Gasteiger partial charge < -0.3 is 14.3 Å². The Kier molecular flexibility index (Phi) is 4.53. The third-order valence-electron chi connectivity index (χ3n) is 4.07. The van der Waals surface area contributed by atoms with Gasteiger partial charge in [0.15, 0.2) is 11.6 Å². The number of ether oxygens (including phenoxy) is 1. The lowest BCUT2D eigenvalue weighted by Gasteiger charge is -2.14. The van der Waals surface area contributed by atoms with Crippen LogP contribution in [0.25, 0.3) is 15.7 Å². The lowest BCUT2D eigenvalue weighted by molar-refractivity contribution is 0.435. The summed E-state index contributed by atoms with van der Waals surface area (Å²) in [4.78, 5) is 10.3. The SMILES string of the molecule is [C-]#[N+]c1cc(Oc2c(F)cc3[nH]ccc3c2Cn2cnc(I)c2)ccc1F. The molecule has 1 N–H and O–H groups in total. The van der Waals surface area contributed by atoms with Gasteiger partial charge in [0.2, 0.25) is 5.69 Å². The fraction of sp³-hybridized carbons (Fsp3) is 0.0526. The van der Waals surface area contributed by atoms with E-state index in [0.29, 0.717) is 17.6 Å². The van der Waals surface area contributed by atoms with Crippen LogP contribution in [-0.2, 0) is 6.54 Å². The van der Waals surface area contributed by atoms with Gasteiger partial charge in [-0.05, 0) is 46.9 Å². The summed E-state index contributed by atoms with van der Waals surface area (Å²) in [5.74, 6) is -0.971. The Labute approximate surface area is 166 Å². The fourth-order valence-electron chi connectivity index (χ4n) is 2.85. The summed E-state index contributed by atoms with van der Waals surface area (Å²) in [6.45, 7) is 7.37. The van der Waals surface area contributed by atoms with Crippen LogP contribution < -0.4 is 4.74 Å². The van der Waals surface area contributed by atoms with E-state index >= 15 is 0 Å². The first-order valence-electron chi connectivity index (χ1n) is 7.86. The van der Waals surface area contributed by atoms with Gasteiger partial charge in [0, 0.05) is 34.9 Å². The molecule has 0 aliphatic rings. The molecule has 0 saturated carbocycles. The molecule has 0 aliphatic carbocycles. The highest BCUT2D eigenvalue weighted by atomic mass is 127. The van der Waals surface area contributed by atoms with Crippen LogP contribution in [0.15, 0.2) is 49.1 Å². The molecule has 0 radical (unpaired) electrons. The highest BCUT2D eigenvalue weighted by Gasteiger charge is 2.18. The van der Waals surface area contributed by atoms with Gasteiger partial charge in [0.1, 0.15) is 15.3 Å². The Morgan fingerprint density at radius 1 is 1.22 bits per heavy atom. The number of nitrogens with one attached hydrogen (secondary N) is 1. The van der Waals surface area contributed by atoms with Crippen LogP contribution in [0.5, 0.6) is 11.5 Å². The second-order valence-corrected chi connectivity index (χ2v) is 6.91. The number of rotatable bonds is 4. The van der Waals surface area contributed by atoms with Gasteiger partial charge >= 0.3 is 0 Å². The van der Waals surface area contributed by atoms with Crippen molar-refractivity contribution in [1.29, 1.82) is 0 Å². The summed E-state index contributed by atoms with van der Waals surface area (Å²) in [6, 6.07) is 6.95. The van der Waals surface area contributed by atoms with E-state index < -0.39 is 11.6 Å². The van der Waals surface area contributed by atoms with Crippen molar-refractivity contribution in [3.05, 3.63) is 81.4 Å². The number of hydrogen-bond donors (Lipinski definition) is 1. The Balaban J connectivity index is 1.82. The van der Waals surface area contributed by atoms with Crippen LogP contribution in [0.2, 0.25) is 0 Å². The van der Waals surface area contributed by atoms with E-state index in [-0.39, 0.29) is 17.2 Å². The molecule has 0 amide bonds. The zero-order chi connectivity index (χ0) is 19.0. The number of fused-ring (bicyclic) bond motifs is 1. The first-order valence-corrected chi connectivity index (χ1v) is 8.93. The lowest BCUT2D eigenvalue weighted by atomic mass is 10.1. The fourth-order valence-corrected chi connectivity index (χ4v) is 3.33. The van der Waals surface area contributed by atoms with E-state index in [4.69, 9.17) is 11.3 Å². The zero-order valence-corrected chi connectivity index (χ0v) is 15.9. The first kappa shape index (κ1) is 17.5. The third kappa shape index (κ3) is 3.38. The number of imidazole rings is 1. The first-order chi connectivity index (χ1) is 13.0. The molecule has 2 heterocycles. The number of halogens is 3. The molecule has 8 heteroatoms. The van der Waals surface area contributed by atoms with Crippen molar-refractivity contribution in [2.24, 2.45) is 0 Å². The van der Waals surface area contributed by atoms with Crippen molar-refractivity contribution < 1.29 is 13.5 Å². The topological polar surface area (TPSA) is 47.2 Å². The number of H-pyrrole nitrogens is 1. The summed E-state index contributed by atoms with van der Waals surface area (Å²) in [7, 11) is 0. The minimum Gasteiger partial charge on any atom is -0.455 e. The Morgan fingerprint density at radius 2 is 2.07 bits per heavy atom. The molecule has 134 valence electrons. The molecule has 0 bridgehead atoms. The van der Waals surface area contributed by atoms with Crippen molar-refractivity contribution in [2.75, 3.05) is 0 Å². The summed E-state index contributed by atoms with van der Waals surface area (Å²) < 4.78 is 36.8. The molecule has 27 heavy (non-hydrogen) atoms.